The van der Waals surface area contributed by atoms with Crippen LogP contribution in [0.5, 0.6) is 0 Å². The molecular weight excluding hydrogens is 973 g/mol. The first kappa shape index (κ1) is 58.5. The van der Waals surface area contributed by atoms with Gasteiger partial charge in [-0.2, -0.15) is 4.58 Å². The molecule has 0 spiro atoms. The molecule has 3 aliphatic heterocycles. The summed E-state index contributed by atoms with van der Waals surface area (Å²) in [5.74, 6) is -1.78. The Morgan fingerprint density at radius 1 is 0.750 bits per heavy atom. The number of carbonyl (C=O) groups is 3. The zero-order valence-electron chi connectivity index (χ0n) is 42.7. The Bertz CT molecular complexity index is 2480. The van der Waals surface area contributed by atoms with E-state index in [2.05, 4.69) is 28.0 Å². The number of methoxy groups -OCH3 is 3. The Morgan fingerprint density at radius 2 is 1.39 bits per heavy atom. The number of hydroxylamine groups is 2. The molecule has 19 nitrogen and oxygen atoms in total. The van der Waals surface area contributed by atoms with Crippen molar-refractivity contribution in [1.29, 1.82) is 0 Å². The summed E-state index contributed by atoms with van der Waals surface area (Å²) in [6.07, 6.45) is 11.3. The Kier molecular flexibility index (Phi) is 22.5. The molecule has 2 amide bonds. The van der Waals surface area contributed by atoms with Crippen molar-refractivity contribution in [2.75, 3.05) is 105 Å². The number of hydrogen-bond acceptors (Lipinski definition) is 16. The van der Waals surface area contributed by atoms with Crippen LogP contribution in [0.1, 0.15) is 103 Å². The van der Waals surface area contributed by atoms with E-state index in [0.717, 1.165) is 47.6 Å². The highest BCUT2D eigenvalue weighted by Gasteiger charge is 2.48. The molecule has 3 aliphatic rings. The molecule has 2 aromatic rings. The lowest BCUT2D eigenvalue weighted by Crippen LogP contribution is -2.33. The number of amides is 2. The Hall–Kier alpha value is -4.42. The van der Waals surface area contributed by atoms with E-state index < -0.39 is 48.8 Å². The van der Waals surface area contributed by atoms with Crippen molar-refractivity contribution in [3.63, 3.8) is 0 Å². The molecule has 21 heteroatoms. The van der Waals surface area contributed by atoms with E-state index in [4.69, 9.17) is 33.3 Å². The molecule has 0 saturated carbocycles. The van der Waals surface area contributed by atoms with E-state index in [-0.39, 0.29) is 42.2 Å². The summed E-state index contributed by atoms with van der Waals surface area (Å²) in [5, 5.41) is 0.542. The quantitative estimate of drug-likeness (QED) is 0.0391. The van der Waals surface area contributed by atoms with Gasteiger partial charge < -0.3 is 42.7 Å². The average molecular weight is 1050 g/mol. The first-order chi connectivity index (χ1) is 34.5. The first-order valence-corrected chi connectivity index (χ1v) is 27.7. The lowest BCUT2D eigenvalue weighted by Gasteiger charge is -2.30. The maximum Gasteiger partial charge on any atom is 0.333 e. The van der Waals surface area contributed by atoms with Crippen LogP contribution >= 0.6 is 0 Å². The molecule has 3 heterocycles. The third-order valence-electron chi connectivity index (χ3n) is 13.3. The molecule has 5 rings (SSSR count). The molecule has 2 atom stereocenters. The highest BCUT2D eigenvalue weighted by Crippen LogP contribution is 2.51. The summed E-state index contributed by atoms with van der Waals surface area (Å²) in [6.45, 7) is 10.5. The van der Waals surface area contributed by atoms with Crippen LogP contribution in [0.25, 0.3) is 0 Å². The van der Waals surface area contributed by atoms with Crippen LogP contribution in [0.3, 0.4) is 0 Å². The fourth-order valence-electron chi connectivity index (χ4n) is 9.37. The number of unbranched alkanes of at least 4 members (excludes halogenated alkanes) is 4. The van der Waals surface area contributed by atoms with Gasteiger partial charge in [-0.15, -0.1) is 5.06 Å². The molecule has 1 N–H and O–H groups in total. The highest BCUT2D eigenvalue weighted by atomic mass is 32.2. The van der Waals surface area contributed by atoms with E-state index in [1.54, 1.807) is 39.5 Å². The van der Waals surface area contributed by atoms with E-state index in [1.165, 1.54) is 12.1 Å². The number of nitrogens with one attached hydrogen (secondary N) is 1. The third kappa shape index (κ3) is 15.1. The van der Waals surface area contributed by atoms with Crippen LogP contribution in [0.15, 0.2) is 70.1 Å². The Morgan fingerprint density at radius 3 is 2.04 bits per heavy atom. The van der Waals surface area contributed by atoms with Crippen molar-refractivity contribution in [3.05, 3.63) is 71.5 Å². The van der Waals surface area contributed by atoms with E-state index in [9.17, 15) is 35.8 Å². The van der Waals surface area contributed by atoms with Crippen molar-refractivity contribution in [1.82, 2.24) is 9.79 Å². The smallest absolute Gasteiger partial charge is 0.333 e. The number of ether oxygens (including phenoxy) is 6. The number of benzene rings is 2. The Labute approximate surface area is 425 Å². The molecule has 0 radical (unpaired) electrons. The maximum absolute atomic E-state index is 13.8. The lowest BCUT2D eigenvalue weighted by atomic mass is 9.75. The molecule has 0 aromatic heterocycles. The maximum atomic E-state index is 13.8. The second-order valence-corrected chi connectivity index (χ2v) is 21.5. The summed E-state index contributed by atoms with van der Waals surface area (Å²) in [5.41, 5.74) is 3.25. The second-order valence-electron chi connectivity index (χ2n) is 18.4. The molecule has 2 aromatic carbocycles. The molecule has 1 saturated heterocycles. The van der Waals surface area contributed by atoms with Crippen molar-refractivity contribution < 1.29 is 73.6 Å². The van der Waals surface area contributed by atoms with Crippen LogP contribution < -0.4 is 9.62 Å². The normalized spacial score (nSPS) is 19.7. The van der Waals surface area contributed by atoms with Gasteiger partial charge in [0, 0.05) is 101 Å². The molecule has 400 valence electrons. The summed E-state index contributed by atoms with van der Waals surface area (Å²) < 4.78 is 103. The summed E-state index contributed by atoms with van der Waals surface area (Å²) in [6, 6.07) is 9.69. The van der Waals surface area contributed by atoms with Gasteiger partial charge in [0.05, 0.1) is 68.1 Å². The van der Waals surface area contributed by atoms with Gasteiger partial charge in [0.15, 0.2) is 5.71 Å². The largest absolute Gasteiger partial charge is 0.744 e. The van der Waals surface area contributed by atoms with Crippen molar-refractivity contribution >= 4 is 55.0 Å². The fourth-order valence-corrected chi connectivity index (χ4v) is 10.9. The van der Waals surface area contributed by atoms with Gasteiger partial charge in [-0.1, -0.05) is 32.3 Å². The molecule has 1 fully saturated rings. The summed E-state index contributed by atoms with van der Waals surface area (Å²) in [7, 11) is -3.99. The third-order valence-corrected chi connectivity index (χ3v) is 15.6. The van der Waals surface area contributed by atoms with Crippen molar-refractivity contribution in [3.8, 4) is 0 Å². The molecule has 72 heavy (non-hydrogen) atoms. The predicted molar refractivity (Wildman–Crippen MR) is 268 cm³/mol. The molecular formula is C51H74N4O15S2. The van der Waals surface area contributed by atoms with Crippen molar-refractivity contribution in [2.45, 2.75) is 112 Å². The van der Waals surface area contributed by atoms with Gasteiger partial charge in [-0.05, 0) is 81.5 Å². The van der Waals surface area contributed by atoms with Crippen LogP contribution in [0.4, 0.5) is 11.4 Å². The SMILES string of the molecule is CCCCC[N+]1=C(C=CC=C2N(CCOCCOC)c3ccc(S(=O)(=O)NCCOCCOC)cc3C2(C)CCOCCOC)C(C)(CCCCCC(=O)ON2C(=O)CCC2=O)c2cc(S(=O)(=O)[O-])ccc21. The number of fused-ring (bicyclic) bond motifs is 2. The van der Waals surface area contributed by atoms with Gasteiger partial charge in [0.25, 0.3) is 11.8 Å². The monoisotopic (exact) mass is 1050 g/mol. The Balaban J connectivity index is 1.55. The minimum Gasteiger partial charge on any atom is -0.744 e. The number of sulfonamides is 1. The van der Waals surface area contributed by atoms with Gasteiger partial charge in [-0.25, -0.2) is 26.4 Å². The van der Waals surface area contributed by atoms with E-state index in [1.807, 2.05) is 31.2 Å². The minimum atomic E-state index is -4.81. The van der Waals surface area contributed by atoms with E-state index in [0.29, 0.717) is 109 Å². The van der Waals surface area contributed by atoms with Gasteiger partial charge in [-0.3, -0.25) is 9.59 Å². The number of allylic oxidation sites excluding steroid dienone is 4. The number of rotatable bonds is 34. The summed E-state index contributed by atoms with van der Waals surface area (Å²) in [4.78, 5) is 43.7. The highest BCUT2D eigenvalue weighted by molar-refractivity contribution is 7.89. The number of carbonyl (C=O) groups excluding carboxylic acids is 3. The van der Waals surface area contributed by atoms with Gasteiger partial charge in [0.1, 0.15) is 16.7 Å². The van der Waals surface area contributed by atoms with Crippen LogP contribution in [0.2, 0.25) is 0 Å². The number of imide groups is 1. The van der Waals surface area contributed by atoms with E-state index >= 15 is 0 Å². The number of hydrogen-bond donors (Lipinski definition) is 1. The van der Waals surface area contributed by atoms with Crippen LogP contribution in [0, 0.1) is 0 Å². The molecule has 0 aliphatic carbocycles. The topological polar surface area (TPSA) is 229 Å². The van der Waals surface area contributed by atoms with Crippen molar-refractivity contribution in [2.24, 2.45) is 0 Å². The molecule has 2 unspecified atom stereocenters. The fraction of sp³-hybridized carbons (Fsp3) is 0.608. The standard InChI is InChI=1S/C51H74N4O15S2/c1-7-8-12-26-53-43-20-18-40(72(61,62)63)38-42(43)50(2,23-11-9-10-16-49(58)70-55-47(56)21-22-48(55)57)45(53)14-13-15-46-51(3,24-28-67-34-31-64-4)41-37-39(71(59,60)52-25-29-68-35-32-65-5)17-19-44(41)54(46)27-30-69-36-33-66-6/h13-15,17-20,37-38,52H,7-12,16,21-36H2,1-6H3. The lowest BCUT2D eigenvalue weighted by molar-refractivity contribution is -0.438. The zero-order chi connectivity index (χ0) is 52.4. The van der Waals surface area contributed by atoms with Gasteiger partial charge >= 0.3 is 5.97 Å². The first-order valence-electron chi connectivity index (χ1n) is 24.8. The number of anilines is 1. The second kappa shape index (κ2) is 27.8. The number of nitrogens with zero attached hydrogens (tertiary/aromatic N) is 3. The average Bonchev–Trinajstić information content (AvgIpc) is 3.88. The molecule has 0 bridgehead atoms. The summed E-state index contributed by atoms with van der Waals surface area (Å²) >= 11 is 0. The van der Waals surface area contributed by atoms with Crippen LogP contribution in [-0.4, -0.2) is 155 Å². The zero-order valence-corrected chi connectivity index (χ0v) is 44.4. The predicted octanol–water partition coefficient (Wildman–Crippen LogP) is 5.57. The van der Waals surface area contributed by atoms with Crippen LogP contribution in [-0.2, 0) is 78.6 Å². The van der Waals surface area contributed by atoms with Gasteiger partial charge in [0.2, 0.25) is 15.7 Å². The minimum absolute atomic E-state index is 0.0000683.